The van der Waals surface area contributed by atoms with Crippen molar-refractivity contribution >= 4 is 16.9 Å². The molecule has 27 heavy (non-hydrogen) atoms. The van der Waals surface area contributed by atoms with Crippen molar-refractivity contribution in [3.8, 4) is 0 Å². The Labute approximate surface area is 159 Å². The number of carbonyl (C=O) groups excluding carboxylic acids is 1. The van der Waals surface area contributed by atoms with Gasteiger partial charge < -0.3 is 9.88 Å². The molecule has 5 heteroatoms. The molecule has 1 fully saturated rings. The van der Waals surface area contributed by atoms with Crippen LogP contribution in [0, 0.1) is 5.92 Å². The SMILES string of the molecule is CC(C)(C(=O)N1CCC(Cc2nc3ccccc3[nH]2)CC1)c1cccnc1. The van der Waals surface area contributed by atoms with Crippen LogP contribution in [0.4, 0.5) is 0 Å². The number of piperidine rings is 1. The number of carbonyl (C=O) groups is 1. The van der Waals surface area contributed by atoms with Crippen molar-refractivity contribution < 1.29 is 4.79 Å². The molecule has 0 radical (unpaired) electrons. The number of nitrogens with one attached hydrogen (secondary N) is 1. The lowest BCUT2D eigenvalue weighted by Crippen LogP contribution is -2.47. The second-order valence-corrected chi connectivity index (χ2v) is 8.01. The molecule has 0 spiro atoms. The van der Waals surface area contributed by atoms with Gasteiger partial charge in [0.2, 0.25) is 5.91 Å². The van der Waals surface area contributed by atoms with Crippen molar-refractivity contribution in [2.45, 2.75) is 38.5 Å². The number of imidazole rings is 1. The second-order valence-electron chi connectivity index (χ2n) is 8.01. The maximum absolute atomic E-state index is 13.1. The molecule has 1 aliphatic heterocycles. The van der Waals surface area contributed by atoms with Crippen LogP contribution in [0.3, 0.4) is 0 Å². The number of amides is 1. The Morgan fingerprint density at radius 1 is 1.19 bits per heavy atom. The minimum Gasteiger partial charge on any atom is -0.342 e. The standard InChI is InChI=1S/C22H26N4O/c1-22(2,17-6-5-11-23-15-17)21(27)26-12-9-16(10-13-26)14-20-24-18-7-3-4-8-19(18)25-20/h3-8,11,15-16H,9-10,12-14H2,1-2H3,(H,24,25). The Hall–Kier alpha value is -2.69. The number of H-pyrrole nitrogens is 1. The van der Waals surface area contributed by atoms with E-state index >= 15 is 0 Å². The fourth-order valence-corrected chi connectivity index (χ4v) is 3.97. The molecule has 1 aliphatic rings. The molecule has 1 aromatic carbocycles. The zero-order valence-electron chi connectivity index (χ0n) is 16.0. The Balaban J connectivity index is 1.37. The number of aromatic amines is 1. The van der Waals surface area contributed by atoms with Gasteiger partial charge in [-0.25, -0.2) is 4.98 Å². The first-order valence-electron chi connectivity index (χ1n) is 9.67. The summed E-state index contributed by atoms with van der Waals surface area (Å²) in [5.74, 6) is 1.81. The van der Waals surface area contributed by atoms with Gasteiger partial charge in [0.15, 0.2) is 0 Å². The summed E-state index contributed by atoms with van der Waals surface area (Å²) in [6.45, 7) is 5.61. The summed E-state index contributed by atoms with van der Waals surface area (Å²) < 4.78 is 0. The molecule has 0 bridgehead atoms. The summed E-state index contributed by atoms with van der Waals surface area (Å²) in [5, 5.41) is 0. The summed E-state index contributed by atoms with van der Waals surface area (Å²) in [6.07, 6.45) is 6.53. The summed E-state index contributed by atoms with van der Waals surface area (Å²) in [4.78, 5) is 27.4. The van der Waals surface area contributed by atoms with E-state index in [4.69, 9.17) is 4.98 Å². The Morgan fingerprint density at radius 3 is 2.67 bits per heavy atom. The molecule has 0 atom stereocenters. The molecular formula is C22H26N4O. The highest BCUT2D eigenvalue weighted by atomic mass is 16.2. The van der Waals surface area contributed by atoms with Gasteiger partial charge in [0.1, 0.15) is 5.82 Å². The van der Waals surface area contributed by atoms with Crippen molar-refractivity contribution in [1.29, 1.82) is 0 Å². The molecule has 0 unspecified atom stereocenters. The summed E-state index contributed by atoms with van der Waals surface area (Å²) in [5.41, 5.74) is 2.55. The molecule has 4 rings (SSSR count). The quantitative estimate of drug-likeness (QED) is 0.769. The van der Waals surface area contributed by atoms with E-state index in [-0.39, 0.29) is 5.91 Å². The fraction of sp³-hybridized carbons (Fsp3) is 0.409. The smallest absolute Gasteiger partial charge is 0.232 e. The van der Waals surface area contributed by atoms with Gasteiger partial charge in [-0.3, -0.25) is 9.78 Å². The van der Waals surface area contributed by atoms with Crippen LogP contribution in [0.25, 0.3) is 11.0 Å². The van der Waals surface area contributed by atoms with E-state index in [1.807, 2.05) is 49.1 Å². The van der Waals surface area contributed by atoms with E-state index in [0.717, 1.165) is 54.8 Å². The lowest BCUT2D eigenvalue weighted by atomic mass is 9.83. The third kappa shape index (κ3) is 3.59. The molecule has 1 N–H and O–H groups in total. The number of benzene rings is 1. The van der Waals surface area contributed by atoms with Crippen LogP contribution < -0.4 is 0 Å². The van der Waals surface area contributed by atoms with Gasteiger partial charge in [0.05, 0.1) is 16.4 Å². The summed E-state index contributed by atoms with van der Waals surface area (Å²) in [6, 6.07) is 12.0. The zero-order chi connectivity index (χ0) is 18.9. The van der Waals surface area contributed by atoms with Gasteiger partial charge in [-0.05, 0) is 56.4 Å². The lowest BCUT2D eigenvalue weighted by Gasteiger charge is -2.37. The molecule has 2 aromatic heterocycles. The molecular weight excluding hydrogens is 336 g/mol. The van der Waals surface area contributed by atoms with Crippen molar-refractivity contribution in [2.75, 3.05) is 13.1 Å². The number of para-hydroxylation sites is 2. The predicted molar refractivity (Wildman–Crippen MR) is 106 cm³/mol. The third-order valence-corrected chi connectivity index (χ3v) is 5.74. The average molecular weight is 362 g/mol. The molecule has 3 aromatic rings. The van der Waals surface area contributed by atoms with E-state index in [1.54, 1.807) is 12.4 Å². The van der Waals surface area contributed by atoms with E-state index in [9.17, 15) is 4.79 Å². The van der Waals surface area contributed by atoms with Gasteiger partial charge in [0, 0.05) is 31.9 Å². The highest BCUT2D eigenvalue weighted by molar-refractivity contribution is 5.87. The van der Waals surface area contributed by atoms with Crippen molar-refractivity contribution in [1.82, 2.24) is 19.9 Å². The first kappa shape index (κ1) is 17.7. The van der Waals surface area contributed by atoms with Crippen LogP contribution in [-0.2, 0) is 16.6 Å². The minimum absolute atomic E-state index is 0.192. The number of fused-ring (bicyclic) bond motifs is 1. The number of pyridine rings is 1. The van der Waals surface area contributed by atoms with E-state index in [2.05, 4.69) is 16.0 Å². The maximum Gasteiger partial charge on any atom is 0.232 e. The Kier molecular flexibility index (Phi) is 4.68. The molecule has 140 valence electrons. The average Bonchev–Trinajstić information content (AvgIpc) is 3.11. The molecule has 5 nitrogen and oxygen atoms in total. The van der Waals surface area contributed by atoms with E-state index < -0.39 is 5.41 Å². The zero-order valence-corrected chi connectivity index (χ0v) is 16.0. The number of aromatic nitrogens is 3. The van der Waals surface area contributed by atoms with Crippen molar-refractivity contribution in [2.24, 2.45) is 5.92 Å². The minimum atomic E-state index is -0.542. The molecule has 1 amide bonds. The normalized spacial score (nSPS) is 16.0. The van der Waals surface area contributed by atoms with Crippen molar-refractivity contribution in [3.05, 3.63) is 60.2 Å². The molecule has 1 saturated heterocycles. The van der Waals surface area contributed by atoms with Crippen LogP contribution in [0.15, 0.2) is 48.8 Å². The number of hydrogen-bond donors (Lipinski definition) is 1. The predicted octanol–water partition coefficient (Wildman–Crippen LogP) is 3.72. The van der Waals surface area contributed by atoms with E-state index in [0.29, 0.717) is 5.92 Å². The number of nitrogens with zero attached hydrogens (tertiary/aromatic N) is 3. The van der Waals surface area contributed by atoms with Crippen LogP contribution >= 0.6 is 0 Å². The van der Waals surface area contributed by atoms with Gasteiger partial charge in [0.25, 0.3) is 0 Å². The second kappa shape index (κ2) is 7.14. The van der Waals surface area contributed by atoms with Gasteiger partial charge in [-0.15, -0.1) is 0 Å². The van der Waals surface area contributed by atoms with Crippen molar-refractivity contribution in [3.63, 3.8) is 0 Å². The number of rotatable bonds is 4. The maximum atomic E-state index is 13.1. The highest BCUT2D eigenvalue weighted by Gasteiger charge is 2.35. The Bertz CT molecular complexity index is 891. The van der Waals surface area contributed by atoms with Gasteiger partial charge in [-0.2, -0.15) is 0 Å². The van der Waals surface area contributed by atoms with E-state index in [1.165, 1.54) is 0 Å². The lowest BCUT2D eigenvalue weighted by molar-refractivity contribution is -0.137. The van der Waals surface area contributed by atoms with Crippen LogP contribution in [0.5, 0.6) is 0 Å². The first-order chi connectivity index (χ1) is 13.0. The topological polar surface area (TPSA) is 61.9 Å². The number of likely N-dealkylation sites (tertiary alicyclic amines) is 1. The largest absolute Gasteiger partial charge is 0.342 e. The summed E-state index contributed by atoms with van der Waals surface area (Å²) >= 11 is 0. The third-order valence-electron chi connectivity index (χ3n) is 5.74. The summed E-state index contributed by atoms with van der Waals surface area (Å²) in [7, 11) is 0. The monoisotopic (exact) mass is 362 g/mol. The number of hydrogen-bond acceptors (Lipinski definition) is 3. The Morgan fingerprint density at radius 2 is 1.96 bits per heavy atom. The van der Waals surface area contributed by atoms with Crippen LogP contribution in [0.1, 0.15) is 38.1 Å². The molecule has 0 aliphatic carbocycles. The van der Waals surface area contributed by atoms with Crippen LogP contribution in [-0.4, -0.2) is 38.8 Å². The van der Waals surface area contributed by atoms with Gasteiger partial charge >= 0.3 is 0 Å². The van der Waals surface area contributed by atoms with Gasteiger partial charge in [-0.1, -0.05) is 18.2 Å². The fourth-order valence-electron chi connectivity index (χ4n) is 3.97. The first-order valence-corrected chi connectivity index (χ1v) is 9.67. The highest BCUT2D eigenvalue weighted by Crippen LogP contribution is 2.29. The molecule has 0 saturated carbocycles. The van der Waals surface area contributed by atoms with Crippen LogP contribution in [0.2, 0.25) is 0 Å². The molecule has 3 heterocycles.